The van der Waals surface area contributed by atoms with Crippen LogP contribution in [-0.4, -0.2) is 23.5 Å². The van der Waals surface area contributed by atoms with E-state index in [0.29, 0.717) is 5.41 Å². The van der Waals surface area contributed by atoms with Crippen LogP contribution in [0.25, 0.3) is 0 Å². The van der Waals surface area contributed by atoms with E-state index in [4.69, 9.17) is 8.85 Å². The molecule has 0 unspecified atom stereocenters. The molecule has 0 saturated carbocycles. The molecule has 12 heavy (non-hydrogen) atoms. The van der Waals surface area contributed by atoms with Gasteiger partial charge in [-0.2, -0.15) is 0 Å². The van der Waals surface area contributed by atoms with Crippen LogP contribution in [0.3, 0.4) is 0 Å². The van der Waals surface area contributed by atoms with Crippen molar-refractivity contribution in [1.29, 1.82) is 0 Å². The monoisotopic (exact) mass is 190 g/mol. The van der Waals surface area contributed by atoms with Crippen molar-refractivity contribution in [3.63, 3.8) is 0 Å². The molecule has 0 N–H and O–H groups in total. The Hall–Kier alpha value is 0.137. The van der Waals surface area contributed by atoms with Gasteiger partial charge in [0.2, 0.25) is 0 Å². The Morgan fingerprint density at radius 2 is 1.58 bits per heavy atom. The first-order chi connectivity index (χ1) is 5.49. The van der Waals surface area contributed by atoms with Gasteiger partial charge in [-0.1, -0.05) is 27.2 Å². The summed E-state index contributed by atoms with van der Waals surface area (Å²) in [6.07, 6.45) is 2.48. The molecule has 0 aromatic rings. The maximum Gasteiger partial charge on any atom is 0.320 e. The summed E-state index contributed by atoms with van der Waals surface area (Å²) in [5.74, 6) is 0. The van der Waals surface area contributed by atoms with Gasteiger partial charge in [0.05, 0.1) is 0 Å². The van der Waals surface area contributed by atoms with Crippen LogP contribution in [0.5, 0.6) is 0 Å². The molecule has 0 aromatic heterocycles. The largest absolute Gasteiger partial charge is 0.400 e. The van der Waals surface area contributed by atoms with Crippen molar-refractivity contribution >= 4 is 9.28 Å². The Labute approximate surface area is 78.1 Å². The van der Waals surface area contributed by atoms with Crippen molar-refractivity contribution in [3.8, 4) is 0 Å². The van der Waals surface area contributed by atoms with E-state index in [0.717, 1.165) is 6.04 Å². The van der Waals surface area contributed by atoms with Gasteiger partial charge < -0.3 is 8.85 Å². The van der Waals surface area contributed by atoms with Crippen LogP contribution in [0, 0.1) is 5.41 Å². The smallest absolute Gasteiger partial charge is 0.320 e. The second-order valence-corrected chi connectivity index (χ2v) is 6.73. The minimum absolute atomic E-state index is 0.445. The van der Waals surface area contributed by atoms with Crippen LogP contribution in [0.4, 0.5) is 0 Å². The molecule has 0 rings (SSSR count). The van der Waals surface area contributed by atoms with Crippen LogP contribution < -0.4 is 0 Å². The second kappa shape index (κ2) is 5.73. The summed E-state index contributed by atoms with van der Waals surface area (Å²) in [7, 11) is 2.21. The lowest BCUT2D eigenvalue weighted by Gasteiger charge is -2.18. The van der Waals surface area contributed by atoms with Gasteiger partial charge in [-0.25, -0.2) is 0 Å². The minimum Gasteiger partial charge on any atom is -0.400 e. The van der Waals surface area contributed by atoms with Gasteiger partial charge in [-0.3, -0.25) is 0 Å². The highest BCUT2D eigenvalue weighted by Crippen LogP contribution is 2.22. The molecule has 0 aliphatic heterocycles. The van der Waals surface area contributed by atoms with E-state index >= 15 is 0 Å². The first-order valence-corrected chi connectivity index (χ1v) is 6.31. The normalized spacial score (nSPS) is 12.5. The molecule has 0 fully saturated rings. The van der Waals surface area contributed by atoms with Gasteiger partial charge in [0, 0.05) is 14.2 Å². The topological polar surface area (TPSA) is 18.5 Å². The second-order valence-electron chi connectivity index (χ2n) is 4.35. The number of rotatable bonds is 5. The lowest BCUT2D eigenvalue weighted by Crippen LogP contribution is -2.19. The maximum absolute atomic E-state index is 5.23. The van der Waals surface area contributed by atoms with Crippen LogP contribution in [0.2, 0.25) is 6.04 Å². The quantitative estimate of drug-likeness (QED) is 0.619. The summed E-state index contributed by atoms with van der Waals surface area (Å²) >= 11 is 0. The van der Waals surface area contributed by atoms with E-state index in [-0.39, 0.29) is 0 Å². The molecule has 0 amide bonds. The molecule has 0 aliphatic rings. The molecule has 0 saturated heterocycles. The fraction of sp³-hybridized carbons (Fsp3) is 1.00. The van der Waals surface area contributed by atoms with E-state index < -0.39 is 9.28 Å². The van der Waals surface area contributed by atoms with Crippen LogP contribution in [0.1, 0.15) is 33.6 Å². The Balaban J connectivity index is 3.41. The van der Waals surface area contributed by atoms with Crippen LogP contribution >= 0.6 is 0 Å². The third kappa shape index (κ3) is 6.82. The minimum atomic E-state index is -1.28. The molecule has 0 heterocycles. The molecule has 0 aromatic carbocycles. The van der Waals surface area contributed by atoms with E-state index in [2.05, 4.69) is 20.8 Å². The van der Waals surface area contributed by atoms with Crippen LogP contribution in [-0.2, 0) is 8.85 Å². The van der Waals surface area contributed by atoms with Crippen molar-refractivity contribution in [2.75, 3.05) is 14.2 Å². The van der Waals surface area contributed by atoms with Crippen molar-refractivity contribution in [3.05, 3.63) is 0 Å². The number of hydrogen-bond donors (Lipinski definition) is 0. The van der Waals surface area contributed by atoms with Crippen molar-refractivity contribution in [2.45, 2.75) is 39.7 Å². The zero-order valence-corrected chi connectivity index (χ0v) is 10.2. The molecule has 0 aliphatic carbocycles. The van der Waals surface area contributed by atoms with Gasteiger partial charge in [0.25, 0.3) is 0 Å². The average Bonchev–Trinajstić information content (AvgIpc) is 1.96. The van der Waals surface area contributed by atoms with Gasteiger partial charge in [0.1, 0.15) is 0 Å². The lowest BCUT2D eigenvalue weighted by atomic mass is 9.91. The highest BCUT2D eigenvalue weighted by atomic mass is 28.3. The lowest BCUT2D eigenvalue weighted by molar-refractivity contribution is 0.272. The molecular weight excluding hydrogens is 168 g/mol. The Bertz CT molecular complexity index is 106. The van der Waals surface area contributed by atoms with E-state index in [1.807, 2.05) is 0 Å². The number of hydrogen-bond acceptors (Lipinski definition) is 2. The van der Waals surface area contributed by atoms with E-state index in [1.54, 1.807) is 14.2 Å². The van der Waals surface area contributed by atoms with Gasteiger partial charge in [0.15, 0.2) is 0 Å². The Morgan fingerprint density at radius 1 is 1.08 bits per heavy atom. The zero-order valence-electron chi connectivity index (χ0n) is 9.02. The summed E-state index contributed by atoms with van der Waals surface area (Å²) in [5, 5.41) is 0. The first kappa shape index (κ1) is 12.1. The molecule has 74 valence electrons. The van der Waals surface area contributed by atoms with Gasteiger partial charge in [-0.05, 0) is 17.9 Å². The maximum atomic E-state index is 5.23. The van der Waals surface area contributed by atoms with Crippen molar-refractivity contribution in [1.82, 2.24) is 0 Å². The Morgan fingerprint density at radius 3 is 1.92 bits per heavy atom. The first-order valence-electron chi connectivity index (χ1n) is 4.55. The molecule has 0 bridgehead atoms. The van der Waals surface area contributed by atoms with Gasteiger partial charge in [-0.15, -0.1) is 0 Å². The third-order valence-corrected chi connectivity index (χ3v) is 3.82. The molecule has 0 radical (unpaired) electrons. The van der Waals surface area contributed by atoms with E-state index in [9.17, 15) is 0 Å². The third-order valence-electron chi connectivity index (χ3n) is 1.89. The predicted octanol–water partition coefficient (Wildman–Crippen LogP) is 2.33. The molecule has 0 spiro atoms. The molecular formula is C9H22O2Si. The standard InChI is InChI=1S/C9H22O2Si/c1-9(2,3)7-6-8-12(10-4)11-5/h12H,6-8H2,1-5H3. The SMILES string of the molecule is CO[SiH](CCCC(C)(C)C)OC. The van der Waals surface area contributed by atoms with Gasteiger partial charge >= 0.3 is 9.28 Å². The summed E-state index contributed by atoms with van der Waals surface area (Å²) in [5.41, 5.74) is 0.445. The fourth-order valence-electron chi connectivity index (χ4n) is 1.13. The summed E-state index contributed by atoms with van der Waals surface area (Å²) < 4.78 is 10.5. The van der Waals surface area contributed by atoms with Crippen LogP contribution in [0.15, 0.2) is 0 Å². The average molecular weight is 190 g/mol. The highest BCUT2D eigenvalue weighted by Gasteiger charge is 2.13. The molecule has 0 atom stereocenters. The molecule has 2 nitrogen and oxygen atoms in total. The van der Waals surface area contributed by atoms with E-state index in [1.165, 1.54) is 12.8 Å². The molecule has 3 heteroatoms. The van der Waals surface area contributed by atoms with Crippen molar-refractivity contribution in [2.24, 2.45) is 5.41 Å². The summed E-state index contributed by atoms with van der Waals surface area (Å²) in [4.78, 5) is 0. The Kier molecular flexibility index (Phi) is 5.79. The van der Waals surface area contributed by atoms with Crippen molar-refractivity contribution < 1.29 is 8.85 Å². The highest BCUT2D eigenvalue weighted by molar-refractivity contribution is 6.44. The predicted molar refractivity (Wildman–Crippen MR) is 54.7 cm³/mol. The summed E-state index contributed by atoms with van der Waals surface area (Å²) in [6.45, 7) is 6.80. The fourth-order valence-corrected chi connectivity index (χ4v) is 2.33. The summed E-state index contributed by atoms with van der Waals surface area (Å²) in [6, 6.07) is 1.13. The zero-order chi connectivity index (χ0) is 9.61.